The topological polar surface area (TPSA) is 71.3 Å². The molecule has 0 unspecified atom stereocenters. The van der Waals surface area contributed by atoms with Gasteiger partial charge in [0.1, 0.15) is 0 Å². The zero-order chi connectivity index (χ0) is 13.1. The van der Waals surface area contributed by atoms with Crippen LogP contribution in [-0.2, 0) is 11.3 Å². The highest BCUT2D eigenvalue weighted by molar-refractivity contribution is 5.86. The molecule has 1 heterocycles. The molecule has 0 spiro atoms. The van der Waals surface area contributed by atoms with Crippen LogP contribution in [0.4, 0.5) is 0 Å². The van der Waals surface area contributed by atoms with Gasteiger partial charge in [0, 0.05) is 31.5 Å². The van der Waals surface area contributed by atoms with E-state index < -0.39 is 0 Å². The van der Waals surface area contributed by atoms with E-state index in [4.69, 9.17) is 0 Å². The number of rotatable bonds is 3. The maximum Gasteiger partial charge on any atom is 0.253 e. The number of hydrogen-bond donors (Lipinski definition) is 2. The number of aromatic nitrogens is 1. The molecule has 94 valence electrons. The first-order chi connectivity index (χ1) is 8.59. The fourth-order valence-electron chi connectivity index (χ4n) is 1.85. The first-order valence-electron chi connectivity index (χ1n) is 5.65. The molecular formula is C13H14N2O3. The standard InChI is InChI=1S/C13H14N2O3/c1-9(16)14-6-7-15-12(17)8-10-4-2-3-5-11(10)13(15)18/h2-5,8,18H,6-7H2,1H3,(H,14,16). The van der Waals surface area contributed by atoms with Gasteiger partial charge in [-0.1, -0.05) is 18.2 Å². The molecule has 2 rings (SSSR count). The highest BCUT2D eigenvalue weighted by atomic mass is 16.3. The summed E-state index contributed by atoms with van der Waals surface area (Å²) in [6, 6.07) is 8.60. The van der Waals surface area contributed by atoms with Gasteiger partial charge in [-0.05, 0) is 11.5 Å². The quantitative estimate of drug-likeness (QED) is 0.843. The molecule has 5 nitrogen and oxygen atoms in total. The second-order valence-electron chi connectivity index (χ2n) is 4.03. The minimum atomic E-state index is -0.281. The Bertz CT molecular complexity index is 646. The average molecular weight is 246 g/mol. The van der Waals surface area contributed by atoms with Crippen LogP contribution in [0.25, 0.3) is 10.8 Å². The molecule has 2 aromatic rings. The van der Waals surface area contributed by atoms with Crippen molar-refractivity contribution in [2.45, 2.75) is 13.5 Å². The first kappa shape index (κ1) is 12.2. The summed E-state index contributed by atoms with van der Waals surface area (Å²) in [6.45, 7) is 1.96. The van der Waals surface area contributed by atoms with Crippen LogP contribution in [-0.4, -0.2) is 22.1 Å². The molecule has 1 aromatic heterocycles. The molecule has 5 heteroatoms. The third-order valence-electron chi connectivity index (χ3n) is 2.71. The second kappa shape index (κ2) is 4.91. The molecule has 1 aromatic carbocycles. The fraction of sp³-hybridized carbons (Fsp3) is 0.231. The van der Waals surface area contributed by atoms with E-state index >= 15 is 0 Å². The van der Waals surface area contributed by atoms with Crippen LogP contribution in [0.2, 0.25) is 0 Å². The average Bonchev–Trinajstić information content (AvgIpc) is 2.33. The summed E-state index contributed by atoms with van der Waals surface area (Å²) < 4.78 is 1.25. The van der Waals surface area contributed by atoms with Gasteiger partial charge in [0.15, 0.2) is 0 Å². The maximum atomic E-state index is 11.8. The molecule has 0 saturated carbocycles. The van der Waals surface area contributed by atoms with Gasteiger partial charge in [0.05, 0.1) is 0 Å². The lowest BCUT2D eigenvalue weighted by molar-refractivity contribution is -0.118. The SMILES string of the molecule is CC(=O)NCCn1c(O)c2ccccc2cc1=O. The zero-order valence-electron chi connectivity index (χ0n) is 10.0. The van der Waals surface area contributed by atoms with Crippen molar-refractivity contribution in [2.75, 3.05) is 6.54 Å². The van der Waals surface area contributed by atoms with Gasteiger partial charge < -0.3 is 10.4 Å². The number of carbonyl (C=O) groups excluding carboxylic acids is 1. The molecule has 0 bridgehead atoms. The monoisotopic (exact) mass is 246 g/mol. The Morgan fingerprint density at radius 2 is 2.11 bits per heavy atom. The van der Waals surface area contributed by atoms with Gasteiger partial charge >= 0.3 is 0 Å². The van der Waals surface area contributed by atoms with Gasteiger partial charge in [-0.15, -0.1) is 0 Å². The Labute approximate surface area is 104 Å². The Morgan fingerprint density at radius 1 is 1.39 bits per heavy atom. The van der Waals surface area contributed by atoms with Crippen LogP contribution in [0, 0.1) is 0 Å². The third-order valence-corrected chi connectivity index (χ3v) is 2.71. The van der Waals surface area contributed by atoms with Gasteiger partial charge in [0.25, 0.3) is 5.56 Å². The van der Waals surface area contributed by atoms with Crippen molar-refractivity contribution in [1.82, 2.24) is 9.88 Å². The normalized spacial score (nSPS) is 10.5. The maximum absolute atomic E-state index is 11.8. The van der Waals surface area contributed by atoms with Crippen LogP contribution in [0.1, 0.15) is 6.92 Å². The van der Waals surface area contributed by atoms with Gasteiger partial charge in [-0.3, -0.25) is 14.2 Å². The molecule has 0 atom stereocenters. The molecule has 0 aliphatic rings. The van der Waals surface area contributed by atoms with E-state index in [1.165, 1.54) is 17.6 Å². The molecule has 0 radical (unpaired) electrons. The van der Waals surface area contributed by atoms with Crippen molar-refractivity contribution in [3.05, 3.63) is 40.7 Å². The fourth-order valence-corrected chi connectivity index (χ4v) is 1.85. The van der Waals surface area contributed by atoms with Crippen LogP contribution in [0.15, 0.2) is 35.1 Å². The zero-order valence-corrected chi connectivity index (χ0v) is 10.0. The second-order valence-corrected chi connectivity index (χ2v) is 4.03. The third kappa shape index (κ3) is 2.34. The van der Waals surface area contributed by atoms with Gasteiger partial charge in [-0.25, -0.2) is 0 Å². The number of aromatic hydroxyl groups is 1. The number of nitrogens with zero attached hydrogens (tertiary/aromatic N) is 1. The van der Waals surface area contributed by atoms with Gasteiger partial charge in [0.2, 0.25) is 11.8 Å². The Kier molecular flexibility index (Phi) is 3.32. The first-order valence-corrected chi connectivity index (χ1v) is 5.65. The number of nitrogens with one attached hydrogen (secondary N) is 1. The molecule has 1 amide bonds. The highest BCUT2D eigenvalue weighted by Crippen LogP contribution is 2.21. The summed E-state index contributed by atoms with van der Waals surface area (Å²) in [5.41, 5.74) is -0.281. The van der Waals surface area contributed by atoms with Crippen molar-refractivity contribution in [3.8, 4) is 5.88 Å². The molecule has 18 heavy (non-hydrogen) atoms. The van der Waals surface area contributed by atoms with Crippen LogP contribution in [0.5, 0.6) is 5.88 Å². The number of fused-ring (bicyclic) bond motifs is 1. The Balaban J connectivity index is 2.38. The van der Waals surface area contributed by atoms with Crippen molar-refractivity contribution in [2.24, 2.45) is 0 Å². The predicted octanol–water partition coefficient (Wildman–Crippen LogP) is 0.843. The smallest absolute Gasteiger partial charge is 0.253 e. The van der Waals surface area contributed by atoms with E-state index in [1.54, 1.807) is 18.2 Å². The molecular weight excluding hydrogens is 232 g/mol. The Morgan fingerprint density at radius 3 is 2.83 bits per heavy atom. The minimum absolute atomic E-state index is 0.0662. The summed E-state index contributed by atoms with van der Waals surface area (Å²) >= 11 is 0. The van der Waals surface area contributed by atoms with Crippen molar-refractivity contribution in [1.29, 1.82) is 0 Å². The van der Waals surface area contributed by atoms with E-state index in [0.29, 0.717) is 17.3 Å². The summed E-state index contributed by atoms with van der Waals surface area (Å²) in [6.07, 6.45) is 0. The predicted molar refractivity (Wildman–Crippen MR) is 68.6 cm³/mol. The summed E-state index contributed by atoms with van der Waals surface area (Å²) in [5, 5.41) is 14.0. The van der Waals surface area contributed by atoms with E-state index in [2.05, 4.69) is 5.32 Å². The molecule has 2 N–H and O–H groups in total. The highest BCUT2D eigenvalue weighted by Gasteiger charge is 2.08. The van der Waals surface area contributed by atoms with E-state index in [1.807, 2.05) is 6.07 Å². The summed E-state index contributed by atoms with van der Waals surface area (Å²) in [7, 11) is 0. The van der Waals surface area contributed by atoms with Crippen molar-refractivity contribution in [3.63, 3.8) is 0 Å². The molecule has 0 fully saturated rings. The Hall–Kier alpha value is -2.30. The van der Waals surface area contributed by atoms with Gasteiger partial charge in [-0.2, -0.15) is 0 Å². The number of carbonyl (C=O) groups is 1. The number of hydrogen-bond acceptors (Lipinski definition) is 3. The van der Waals surface area contributed by atoms with Crippen LogP contribution < -0.4 is 10.9 Å². The van der Waals surface area contributed by atoms with E-state index in [9.17, 15) is 14.7 Å². The number of amides is 1. The molecule has 0 saturated heterocycles. The lowest BCUT2D eigenvalue weighted by Gasteiger charge is -2.10. The number of benzene rings is 1. The van der Waals surface area contributed by atoms with Crippen molar-refractivity contribution < 1.29 is 9.90 Å². The lowest BCUT2D eigenvalue weighted by atomic mass is 10.1. The largest absolute Gasteiger partial charge is 0.494 e. The summed E-state index contributed by atoms with van der Waals surface area (Å²) in [4.78, 5) is 22.6. The number of pyridine rings is 1. The lowest BCUT2D eigenvalue weighted by Crippen LogP contribution is -2.29. The molecule has 0 aliphatic heterocycles. The van der Waals surface area contributed by atoms with Crippen molar-refractivity contribution >= 4 is 16.7 Å². The molecule has 0 aliphatic carbocycles. The van der Waals surface area contributed by atoms with Crippen LogP contribution in [0.3, 0.4) is 0 Å². The van der Waals surface area contributed by atoms with Crippen LogP contribution >= 0.6 is 0 Å². The minimum Gasteiger partial charge on any atom is -0.494 e. The van der Waals surface area contributed by atoms with E-state index in [0.717, 1.165) is 0 Å². The van der Waals surface area contributed by atoms with E-state index in [-0.39, 0.29) is 23.9 Å². The summed E-state index contributed by atoms with van der Waals surface area (Å²) in [5.74, 6) is -0.230.